The zero-order valence-electron chi connectivity index (χ0n) is 14.7. The van der Waals surface area contributed by atoms with Crippen LogP contribution >= 0.6 is 11.3 Å². The van der Waals surface area contributed by atoms with E-state index in [0.29, 0.717) is 17.9 Å². The number of para-hydroxylation sites is 1. The molecule has 0 saturated carbocycles. The molecule has 1 amide bonds. The number of anilines is 1. The van der Waals surface area contributed by atoms with Crippen LogP contribution < -0.4 is 4.90 Å². The number of thiazole rings is 1. The minimum absolute atomic E-state index is 0.000419. The third kappa shape index (κ3) is 3.79. The van der Waals surface area contributed by atoms with E-state index >= 15 is 0 Å². The number of amides is 1. The van der Waals surface area contributed by atoms with Crippen LogP contribution in [0.1, 0.15) is 18.4 Å². The number of nitrogens with zero attached hydrogens (tertiary/aromatic N) is 2. The number of rotatable bonds is 4. The highest BCUT2D eigenvalue weighted by Crippen LogP contribution is 2.39. The van der Waals surface area contributed by atoms with Crippen LogP contribution in [0, 0.1) is 0 Å². The molecule has 150 valence electrons. The molecule has 2 aliphatic heterocycles. The number of fused-ring (bicyclic) bond motifs is 1. The van der Waals surface area contributed by atoms with Gasteiger partial charge >= 0.3 is 6.18 Å². The average molecular weight is 414 g/mol. The molecule has 0 N–H and O–H groups in total. The molecule has 1 aromatic carbocycles. The summed E-state index contributed by atoms with van der Waals surface area (Å²) in [7, 11) is 0. The van der Waals surface area contributed by atoms with Gasteiger partial charge in [0.1, 0.15) is 19.5 Å². The summed E-state index contributed by atoms with van der Waals surface area (Å²) in [4.78, 5) is 18.5. The van der Waals surface area contributed by atoms with Crippen molar-refractivity contribution in [3.05, 3.63) is 35.8 Å². The predicted octanol–water partition coefficient (Wildman–Crippen LogP) is 3.72. The van der Waals surface area contributed by atoms with E-state index in [9.17, 15) is 18.0 Å². The van der Waals surface area contributed by atoms with Gasteiger partial charge in [0.2, 0.25) is 5.76 Å². The molecule has 0 bridgehead atoms. The normalized spacial score (nSPS) is 19.8. The Hall–Kier alpha value is -2.33. The van der Waals surface area contributed by atoms with Crippen LogP contribution in [-0.4, -0.2) is 43.4 Å². The molecule has 2 aromatic rings. The number of hydrogen-bond donors (Lipinski definition) is 0. The van der Waals surface area contributed by atoms with Gasteiger partial charge in [0, 0.05) is 6.61 Å². The third-order valence-corrected chi connectivity index (χ3v) is 5.50. The Morgan fingerprint density at radius 2 is 2.14 bits per heavy atom. The Morgan fingerprint density at radius 1 is 1.29 bits per heavy atom. The van der Waals surface area contributed by atoms with Crippen molar-refractivity contribution in [3.63, 3.8) is 0 Å². The lowest BCUT2D eigenvalue weighted by atomic mass is 10.2. The number of aromatic nitrogens is 1. The molecule has 28 heavy (non-hydrogen) atoms. The van der Waals surface area contributed by atoms with Gasteiger partial charge in [0.15, 0.2) is 5.13 Å². The summed E-state index contributed by atoms with van der Waals surface area (Å²) in [5.74, 6) is -0.512. The molecule has 1 saturated heterocycles. The molecule has 10 heteroatoms. The fraction of sp³-hybridized carbons (Fsp3) is 0.444. The summed E-state index contributed by atoms with van der Waals surface area (Å²) < 4.78 is 56.4. The molecule has 4 rings (SSSR count). The molecule has 1 aromatic heterocycles. The number of alkyl halides is 3. The monoisotopic (exact) mass is 414 g/mol. The summed E-state index contributed by atoms with van der Waals surface area (Å²) in [6.07, 6.45) is -1.88. The van der Waals surface area contributed by atoms with Gasteiger partial charge in [-0.1, -0.05) is 17.4 Å². The smallest absolute Gasteiger partial charge is 0.418 e. The Bertz CT molecular complexity index is 906. The van der Waals surface area contributed by atoms with Gasteiger partial charge in [-0.05, 0) is 25.0 Å². The Kier molecular flexibility index (Phi) is 5.15. The second-order valence-corrected chi connectivity index (χ2v) is 7.41. The summed E-state index contributed by atoms with van der Waals surface area (Å²) in [6.45, 7) is 1.33. The first-order valence-corrected chi connectivity index (χ1v) is 9.60. The van der Waals surface area contributed by atoms with Crippen molar-refractivity contribution in [2.45, 2.75) is 25.1 Å². The Balaban J connectivity index is 1.73. The predicted molar refractivity (Wildman–Crippen MR) is 95.9 cm³/mol. The van der Waals surface area contributed by atoms with Crippen molar-refractivity contribution in [3.8, 4) is 0 Å². The quantitative estimate of drug-likeness (QED) is 0.763. The molecule has 0 aliphatic carbocycles. The van der Waals surface area contributed by atoms with E-state index in [1.807, 2.05) is 0 Å². The van der Waals surface area contributed by atoms with E-state index in [1.54, 1.807) is 6.07 Å². The van der Waals surface area contributed by atoms with Crippen LogP contribution in [0.4, 0.5) is 18.3 Å². The van der Waals surface area contributed by atoms with Crippen molar-refractivity contribution in [2.75, 3.05) is 31.3 Å². The van der Waals surface area contributed by atoms with Gasteiger partial charge in [0.05, 0.1) is 28.4 Å². The van der Waals surface area contributed by atoms with Crippen molar-refractivity contribution < 1.29 is 32.2 Å². The van der Waals surface area contributed by atoms with Crippen molar-refractivity contribution in [2.24, 2.45) is 0 Å². The van der Waals surface area contributed by atoms with E-state index in [4.69, 9.17) is 14.2 Å². The van der Waals surface area contributed by atoms with Crippen molar-refractivity contribution in [1.29, 1.82) is 0 Å². The minimum atomic E-state index is -4.53. The lowest BCUT2D eigenvalue weighted by Gasteiger charge is -2.25. The van der Waals surface area contributed by atoms with E-state index in [0.717, 1.165) is 30.2 Å². The highest BCUT2D eigenvalue weighted by atomic mass is 32.1. The van der Waals surface area contributed by atoms with Gasteiger partial charge in [-0.15, -0.1) is 0 Å². The zero-order chi connectivity index (χ0) is 19.7. The summed E-state index contributed by atoms with van der Waals surface area (Å²) in [5, 5.41) is 0.169. The maximum atomic E-state index is 13.3. The van der Waals surface area contributed by atoms with Gasteiger partial charge in [-0.25, -0.2) is 4.98 Å². The number of benzene rings is 1. The largest absolute Gasteiger partial charge is 0.494 e. The first kappa shape index (κ1) is 19.0. The molecule has 1 unspecified atom stereocenters. The van der Waals surface area contributed by atoms with Crippen molar-refractivity contribution in [1.82, 2.24) is 4.98 Å². The first-order chi connectivity index (χ1) is 13.4. The fourth-order valence-corrected chi connectivity index (χ4v) is 4.13. The number of halogens is 3. The molecular formula is C18H17F3N2O4S. The third-order valence-electron chi connectivity index (χ3n) is 4.46. The SMILES string of the molecule is O=C(C1=COCCO1)N(CC1CCCO1)c1nc2c(C(F)(F)F)cccc2s1. The molecule has 1 atom stereocenters. The second-order valence-electron chi connectivity index (χ2n) is 6.40. The standard InChI is InChI=1S/C18H17F3N2O4S/c19-18(20,21)12-4-1-5-14-15(12)22-17(28-14)23(9-11-3-2-6-26-11)16(24)13-10-25-7-8-27-13/h1,4-5,10-11H,2-3,6-9H2. The minimum Gasteiger partial charge on any atom is -0.494 e. The Labute approximate surface area is 162 Å². The summed E-state index contributed by atoms with van der Waals surface area (Å²) >= 11 is 1.03. The van der Waals surface area contributed by atoms with Crippen LogP contribution in [0.5, 0.6) is 0 Å². The molecule has 0 radical (unpaired) electrons. The maximum absolute atomic E-state index is 13.3. The Morgan fingerprint density at radius 3 is 2.82 bits per heavy atom. The van der Waals surface area contributed by atoms with E-state index in [1.165, 1.54) is 17.2 Å². The lowest BCUT2D eigenvalue weighted by Crippen LogP contribution is -2.39. The van der Waals surface area contributed by atoms with Crippen molar-refractivity contribution >= 4 is 32.6 Å². The molecular weight excluding hydrogens is 397 g/mol. The summed E-state index contributed by atoms with van der Waals surface area (Å²) in [5.41, 5.74) is -0.997. The van der Waals surface area contributed by atoms with Crippen LogP contribution in [0.25, 0.3) is 10.2 Å². The number of carbonyl (C=O) groups excluding carboxylic acids is 1. The van der Waals surface area contributed by atoms with Crippen LogP contribution in [0.3, 0.4) is 0 Å². The lowest BCUT2D eigenvalue weighted by molar-refractivity contribution is -0.136. The van der Waals surface area contributed by atoms with E-state index in [-0.39, 0.29) is 35.7 Å². The highest BCUT2D eigenvalue weighted by molar-refractivity contribution is 7.22. The van der Waals surface area contributed by atoms with Crippen LogP contribution in [0.15, 0.2) is 30.2 Å². The highest BCUT2D eigenvalue weighted by Gasteiger charge is 2.35. The van der Waals surface area contributed by atoms with Crippen LogP contribution in [-0.2, 0) is 25.2 Å². The van der Waals surface area contributed by atoms with E-state index < -0.39 is 17.6 Å². The molecule has 6 nitrogen and oxygen atoms in total. The molecule has 0 spiro atoms. The second kappa shape index (κ2) is 7.59. The fourth-order valence-electron chi connectivity index (χ4n) is 3.13. The molecule has 1 fully saturated rings. The first-order valence-electron chi connectivity index (χ1n) is 8.78. The number of carbonyl (C=O) groups is 1. The summed E-state index contributed by atoms with van der Waals surface area (Å²) in [6, 6.07) is 3.87. The number of ether oxygens (including phenoxy) is 3. The van der Waals surface area contributed by atoms with Gasteiger partial charge < -0.3 is 14.2 Å². The zero-order valence-corrected chi connectivity index (χ0v) is 15.5. The topological polar surface area (TPSA) is 60.9 Å². The van der Waals surface area contributed by atoms with E-state index in [2.05, 4.69) is 4.98 Å². The van der Waals surface area contributed by atoms with Crippen LogP contribution in [0.2, 0.25) is 0 Å². The molecule has 2 aliphatic rings. The number of hydrogen-bond acceptors (Lipinski definition) is 6. The maximum Gasteiger partial charge on any atom is 0.418 e. The average Bonchev–Trinajstić information content (AvgIpc) is 3.34. The molecule has 3 heterocycles. The van der Waals surface area contributed by atoms with Gasteiger partial charge in [0.25, 0.3) is 5.91 Å². The van der Waals surface area contributed by atoms with Gasteiger partial charge in [-0.3, -0.25) is 9.69 Å². The van der Waals surface area contributed by atoms with Gasteiger partial charge in [-0.2, -0.15) is 13.2 Å².